The molecule has 3 aromatic rings. The van der Waals surface area contributed by atoms with Gasteiger partial charge in [0.25, 0.3) is 0 Å². The lowest BCUT2D eigenvalue weighted by molar-refractivity contribution is -0.150. The number of carbonyl (C=O) groups is 1. The van der Waals surface area contributed by atoms with E-state index >= 15 is 0 Å². The topological polar surface area (TPSA) is 57.5 Å². The molecule has 0 aliphatic carbocycles. The van der Waals surface area contributed by atoms with Crippen LogP contribution in [0.5, 0.6) is 0 Å². The van der Waals surface area contributed by atoms with Gasteiger partial charge in [0.05, 0.1) is 12.0 Å². The molecule has 0 heterocycles. The predicted molar refractivity (Wildman–Crippen MR) is 128 cm³/mol. The van der Waals surface area contributed by atoms with Crippen molar-refractivity contribution in [3.63, 3.8) is 0 Å². The largest absolute Gasteiger partial charge is 0.481 e. The van der Waals surface area contributed by atoms with Crippen molar-refractivity contribution >= 4 is 18.1 Å². The van der Waals surface area contributed by atoms with Gasteiger partial charge in [0.15, 0.2) is 0 Å². The van der Waals surface area contributed by atoms with Crippen molar-refractivity contribution in [3.05, 3.63) is 94.3 Å². The van der Waals surface area contributed by atoms with Crippen LogP contribution in [0.15, 0.2) is 60.7 Å². The van der Waals surface area contributed by atoms with Gasteiger partial charge in [0.2, 0.25) is 0 Å². The number of benzene rings is 3. The normalized spacial score (nSPS) is 13.3. The van der Waals surface area contributed by atoms with E-state index in [1.807, 2.05) is 62.4 Å². The smallest absolute Gasteiger partial charge is 0.311 e. The van der Waals surface area contributed by atoms with Crippen LogP contribution < -0.4 is 0 Å². The summed E-state index contributed by atoms with van der Waals surface area (Å²) in [5.74, 6) is -1.23. The van der Waals surface area contributed by atoms with Crippen molar-refractivity contribution in [3.8, 4) is 11.1 Å². The molecule has 0 aromatic heterocycles. The van der Waals surface area contributed by atoms with Crippen LogP contribution in [0.1, 0.15) is 41.2 Å². The second-order valence-corrected chi connectivity index (χ2v) is 8.55. The van der Waals surface area contributed by atoms with Gasteiger partial charge in [-0.05, 0) is 73.1 Å². The third-order valence-electron chi connectivity index (χ3n) is 6.16. The van der Waals surface area contributed by atoms with Crippen molar-refractivity contribution in [1.82, 2.24) is 0 Å². The first-order valence-electron chi connectivity index (χ1n) is 10.7. The van der Waals surface area contributed by atoms with Crippen molar-refractivity contribution in [2.45, 2.75) is 33.6 Å². The zero-order chi connectivity index (χ0) is 23.3. The van der Waals surface area contributed by atoms with Crippen molar-refractivity contribution in [2.75, 3.05) is 6.61 Å². The minimum absolute atomic E-state index is 0.239. The highest BCUT2D eigenvalue weighted by molar-refractivity contribution is 5.78. The van der Waals surface area contributed by atoms with E-state index in [0.29, 0.717) is 18.4 Å². The van der Waals surface area contributed by atoms with Crippen LogP contribution in [-0.4, -0.2) is 22.8 Å². The Labute approximate surface area is 188 Å². The third kappa shape index (κ3) is 5.14. The highest BCUT2D eigenvalue weighted by Crippen LogP contribution is 2.29. The van der Waals surface area contributed by atoms with E-state index in [-0.39, 0.29) is 5.82 Å². The molecule has 0 radical (unpaired) electrons. The third-order valence-corrected chi connectivity index (χ3v) is 6.16. The number of carboxylic acids is 1. The zero-order valence-corrected chi connectivity index (χ0v) is 18.7. The van der Waals surface area contributed by atoms with Crippen LogP contribution in [0.2, 0.25) is 0 Å². The summed E-state index contributed by atoms with van der Waals surface area (Å²) >= 11 is 0. The van der Waals surface area contributed by atoms with Gasteiger partial charge in [-0.2, -0.15) is 0 Å². The number of halogens is 1. The molecule has 3 rings (SSSR count). The fourth-order valence-electron chi connectivity index (χ4n) is 3.68. The van der Waals surface area contributed by atoms with Crippen LogP contribution in [0.3, 0.4) is 0 Å². The number of carboxylic acid groups (broad SMARTS) is 1. The predicted octanol–water partition coefficient (Wildman–Crippen LogP) is 6.30. The van der Waals surface area contributed by atoms with E-state index in [1.54, 1.807) is 19.1 Å². The summed E-state index contributed by atoms with van der Waals surface area (Å²) in [5, 5.41) is 18.8. The fourth-order valence-corrected chi connectivity index (χ4v) is 3.68. The van der Waals surface area contributed by atoms with Crippen molar-refractivity contribution in [2.24, 2.45) is 5.41 Å². The highest BCUT2D eigenvalue weighted by atomic mass is 19.1. The molecule has 0 aliphatic rings. The lowest BCUT2D eigenvalue weighted by Crippen LogP contribution is -2.32. The Morgan fingerprint density at radius 2 is 1.66 bits per heavy atom. The van der Waals surface area contributed by atoms with E-state index in [0.717, 1.165) is 33.4 Å². The Balaban J connectivity index is 1.86. The Bertz CT molecular complexity index is 1150. The molecule has 32 heavy (non-hydrogen) atoms. The summed E-state index contributed by atoms with van der Waals surface area (Å²) in [6.07, 6.45) is 4.98. The molecule has 2 N–H and O–H groups in total. The maximum atomic E-state index is 14.3. The summed E-state index contributed by atoms with van der Waals surface area (Å²) in [6.45, 7) is 5.20. The summed E-state index contributed by atoms with van der Waals surface area (Å²) < 4.78 is 14.3. The van der Waals surface area contributed by atoms with Gasteiger partial charge in [-0.25, -0.2) is 4.39 Å². The number of hydrogen-bond acceptors (Lipinski definition) is 2. The Kier molecular flexibility index (Phi) is 7.26. The fraction of sp³-hybridized carbons (Fsp3) is 0.250. The van der Waals surface area contributed by atoms with Crippen LogP contribution in [0, 0.1) is 25.1 Å². The minimum Gasteiger partial charge on any atom is -0.481 e. The monoisotopic (exact) mass is 432 g/mol. The summed E-state index contributed by atoms with van der Waals surface area (Å²) in [4.78, 5) is 11.4. The molecule has 3 nitrogen and oxygen atoms in total. The zero-order valence-electron chi connectivity index (χ0n) is 18.7. The molecule has 0 amide bonds. The standard InChI is InChI=1S/C28H29FO3/c1-19-11-12-21(15-16-28(3,18-30)27(31)32)17-23(19)14-13-22-7-6-9-24(20(22)2)25-8-4-5-10-26(25)29/h4-14,17,30H,15-16,18H2,1-3H3,(H,31,32)/b14-13+. The van der Waals surface area contributed by atoms with Crippen LogP contribution >= 0.6 is 0 Å². The van der Waals surface area contributed by atoms with E-state index in [9.17, 15) is 19.4 Å². The molecular weight excluding hydrogens is 403 g/mol. The van der Waals surface area contributed by atoms with Crippen molar-refractivity contribution in [1.29, 1.82) is 0 Å². The van der Waals surface area contributed by atoms with Gasteiger partial charge < -0.3 is 10.2 Å². The Morgan fingerprint density at radius 3 is 2.34 bits per heavy atom. The maximum absolute atomic E-state index is 14.3. The molecule has 0 bridgehead atoms. The summed E-state index contributed by atoms with van der Waals surface area (Å²) in [6, 6.07) is 18.7. The number of aliphatic carboxylic acids is 1. The number of hydrogen-bond donors (Lipinski definition) is 2. The maximum Gasteiger partial charge on any atom is 0.311 e. The second-order valence-electron chi connectivity index (χ2n) is 8.55. The van der Waals surface area contributed by atoms with Gasteiger partial charge in [0, 0.05) is 5.56 Å². The number of aliphatic hydroxyl groups is 1. The number of aryl methyl sites for hydroxylation is 2. The van der Waals surface area contributed by atoms with Gasteiger partial charge in [-0.15, -0.1) is 0 Å². The molecule has 0 fully saturated rings. The first kappa shape index (κ1) is 23.4. The highest BCUT2D eigenvalue weighted by Gasteiger charge is 2.31. The van der Waals surface area contributed by atoms with Gasteiger partial charge in [0.1, 0.15) is 5.82 Å². The van der Waals surface area contributed by atoms with Gasteiger partial charge in [-0.3, -0.25) is 4.79 Å². The Morgan fingerprint density at radius 1 is 0.969 bits per heavy atom. The molecule has 3 aromatic carbocycles. The summed E-state index contributed by atoms with van der Waals surface area (Å²) in [7, 11) is 0. The van der Waals surface area contributed by atoms with E-state index < -0.39 is 18.0 Å². The molecule has 1 unspecified atom stereocenters. The molecule has 0 aliphatic heterocycles. The minimum atomic E-state index is -1.15. The molecule has 0 saturated carbocycles. The quantitative estimate of drug-likeness (QED) is 0.411. The first-order chi connectivity index (χ1) is 15.2. The van der Waals surface area contributed by atoms with E-state index in [4.69, 9.17) is 0 Å². The lowest BCUT2D eigenvalue weighted by atomic mass is 9.84. The number of aliphatic hydroxyl groups excluding tert-OH is 1. The van der Waals surface area contributed by atoms with Crippen LogP contribution in [-0.2, 0) is 11.2 Å². The molecule has 166 valence electrons. The molecule has 0 saturated heterocycles. The average molecular weight is 433 g/mol. The lowest BCUT2D eigenvalue weighted by Gasteiger charge is -2.21. The molecule has 0 spiro atoms. The molecule has 4 heteroatoms. The van der Waals surface area contributed by atoms with Crippen LogP contribution in [0.4, 0.5) is 4.39 Å². The first-order valence-corrected chi connectivity index (χ1v) is 10.7. The van der Waals surface area contributed by atoms with E-state index in [1.165, 1.54) is 6.07 Å². The average Bonchev–Trinajstić information content (AvgIpc) is 2.78. The SMILES string of the molecule is Cc1ccc(CCC(C)(CO)C(=O)O)cc1/C=C/c1cccc(-c2ccccc2F)c1C. The van der Waals surface area contributed by atoms with Crippen LogP contribution in [0.25, 0.3) is 23.3 Å². The van der Waals surface area contributed by atoms with Gasteiger partial charge in [-0.1, -0.05) is 66.7 Å². The number of rotatable bonds is 8. The summed E-state index contributed by atoms with van der Waals surface area (Å²) in [5.41, 5.74) is 5.49. The molecular formula is C28H29FO3. The molecule has 1 atom stereocenters. The van der Waals surface area contributed by atoms with Gasteiger partial charge >= 0.3 is 5.97 Å². The second kappa shape index (κ2) is 9.92. The van der Waals surface area contributed by atoms with Crippen molar-refractivity contribution < 1.29 is 19.4 Å². The van der Waals surface area contributed by atoms with E-state index in [2.05, 4.69) is 6.07 Å². The Hall–Kier alpha value is -3.24.